The van der Waals surface area contributed by atoms with Crippen LogP contribution >= 0.6 is 0 Å². The molecule has 6 atom stereocenters. The van der Waals surface area contributed by atoms with Gasteiger partial charge in [-0.15, -0.1) is 0 Å². The molecule has 0 aliphatic carbocycles. The van der Waals surface area contributed by atoms with E-state index in [0.717, 1.165) is 0 Å². The molecule has 4 N–H and O–H groups in total. The van der Waals surface area contributed by atoms with Gasteiger partial charge in [0, 0.05) is 6.92 Å². The Labute approximate surface area is 121 Å². The van der Waals surface area contributed by atoms with E-state index in [1.807, 2.05) is 0 Å². The van der Waals surface area contributed by atoms with Crippen LogP contribution in [0.25, 0.3) is 0 Å². The van der Waals surface area contributed by atoms with E-state index in [1.54, 1.807) is 0 Å². The zero-order chi connectivity index (χ0) is 16.2. The maximum absolute atomic E-state index is 11.4. The number of esters is 1. The molecule has 1 saturated heterocycles. The number of amides is 1. The second kappa shape index (κ2) is 7.66. The average Bonchev–Trinajstić information content (AvgIpc) is 2.44. The molecule has 0 aromatic rings. The Morgan fingerprint density at radius 1 is 1.38 bits per heavy atom. The van der Waals surface area contributed by atoms with E-state index in [1.165, 1.54) is 21.0 Å². The van der Waals surface area contributed by atoms with Gasteiger partial charge in [-0.3, -0.25) is 4.79 Å². The lowest BCUT2D eigenvalue weighted by molar-refractivity contribution is -0.267. The molecule has 1 heterocycles. The van der Waals surface area contributed by atoms with Gasteiger partial charge in [-0.25, -0.2) is 4.79 Å². The van der Waals surface area contributed by atoms with E-state index in [0.29, 0.717) is 0 Å². The zero-order valence-corrected chi connectivity index (χ0v) is 12.1. The summed E-state index contributed by atoms with van der Waals surface area (Å²) in [5.41, 5.74) is 0. The highest BCUT2D eigenvalue weighted by molar-refractivity contribution is 5.74. The quantitative estimate of drug-likeness (QED) is 0.410. The third-order valence-electron chi connectivity index (χ3n) is 3.14. The Kier molecular flexibility index (Phi) is 6.49. The standard InChI is InChI=1S/C12H21NO8/c1-5(11(17)19-3)20-10-8(13-6(2)15)12(18)21-7(4-14)9(10)16/h5,7-10,12,14,16,18H,4H2,1-3H3,(H,13,15)/t5-,7?,8+,9+,10-,12-/m1/s1. The molecule has 9 heteroatoms. The summed E-state index contributed by atoms with van der Waals surface area (Å²) in [7, 11) is 1.18. The van der Waals surface area contributed by atoms with Crippen LogP contribution in [0.4, 0.5) is 0 Å². The summed E-state index contributed by atoms with van der Waals surface area (Å²) in [5.74, 6) is -1.15. The molecule has 21 heavy (non-hydrogen) atoms. The van der Waals surface area contributed by atoms with Gasteiger partial charge >= 0.3 is 5.97 Å². The van der Waals surface area contributed by atoms with Crippen LogP contribution in [0, 0.1) is 0 Å². The number of ether oxygens (including phenoxy) is 3. The van der Waals surface area contributed by atoms with Crippen molar-refractivity contribution >= 4 is 11.9 Å². The molecule has 0 bridgehead atoms. The van der Waals surface area contributed by atoms with E-state index in [-0.39, 0.29) is 0 Å². The van der Waals surface area contributed by atoms with Gasteiger partial charge < -0.3 is 34.8 Å². The number of aliphatic hydroxyl groups is 3. The van der Waals surface area contributed by atoms with Crippen LogP contribution in [0.5, 0.6) is 0 Å². The molecule has 1 amide bonds. The molecule has 0 spiro atoms. The number of carbonyl (C=O) groups excluding carboxylic acids is 2. The predicted molar refractivity (Wildman–Crippen MR) is 67.9 cm³/mol. The predicted octanol–water partition coefficient (Wildman–Crippen LogP) is -2.49. The Morgan fingerprint density at radius 3 is 2.48 bits per heavy atom. The van der Waals surface area contributed by atoms with Gasteiger partial charge in [0.25, 0.3) is 0 Å². The minimum absolute atomic E-state index is 0.475. The third kappa shape index (κ3) is 4.35. The fourth-order valence-electron chi connectivity index (χ4n) is 2.09. The number of carbonyl (C=O) groups is 2. The van der Waals surface area contributed by atoms with Crippen LogP contribution in [-0.2, 0) is 23.8 Å². The highest BCUT2D eigenvalue weighted by Gasteiger charge is 2.46. The third-order valence-corrected chi connectivity index (χ3v) is 3.14. The fourth-order valence-corrected chi connectivity index (χ4v) is 2.09. The van der Waals surface area contributed by atoms with E-state index >= 15 is 0 Å². The fraction of sp³-hybridized carbons (Fsp3) is 0.833. The van der Waals surface area contributed by atoms with Crippen molar-refractivity contribution in [2.75, 3.05) is 13.7 Å². The van der Waals surface area contributed by atoms with Crippen molar-refractivity contribution < 1.29 is 39.1 Å². The molecule has 9 nitrogen and oxygen atoms in total. The summed E-state index contributed by atoms with van der Waals surface area (Å²) in [6.45, 7) is 2.06. The lowest BCUT2D eigenvalue weighted by Gasteiger charge is -2.43. The number of rotatable bonds is 5. The van der Waals surface area contributed by atoms with Crippen molar-refractivity contribution in [3.05, 3.63) is 0 Å². The average molecular weight is 307 g/mol. The smallest absolute Gasteiger partial charge is 0.334 e. The molecule has 1 unspecified atom stereocenters. The zero-order valence-electron chi connectivity index (χ0n) is 12.1. The second-order valence-electron chi connectivity index (χ2n) is 4.73. The first kappa shape index (κ1) is 17.8. The van der Waals surface area contributed by atoms with E-state index < -0.39 is 55.2 Å². The monoisotopic (exact) mass is 307 g/mol. The Balaban J connectivity index is 2.92. The van der Waals surface area contributed by atoms with E-state index in [4.69, 9.17) is 14.6 Å². The topological polar surface area (TPSA) is 135 Å². The number of methoxy groups -OCH3 is 1. The molecule has 0 radical (unpaired) electrons. The van der Waals surface area contributed by atoms with E-state index in [9.17, 15) is 19.8 Å². The molecule has 0 aromatic carbocycles. The summed E-state index contributed by atoms with van der Waals surface area (Å²) in [5, 5.41) is 31.5. The van der Waals surface area contributed by atoms with Crippen LogP contribution < -0.4 is 5.32 Å². The van der Waals surface area contributed by atoms with Crippen molar-refractivity contribution in [2.45, 2.75) is 50.6 Å². The molecular formula is C12H21NO8. The Morgan fingerprint density at radius 2 is 2.00 bits per heavy atom. The van der Waals surface area contributed by atoms with Crippen molar-refractivity contribution in [2.24, 2.45) is 0 Å². The molecule has 122 valence electrons. The van der Waals surface area contributed by atoms with Crippen molar-refractivity contribution in [3.63, 3.8) is 0 Å². The van der Waals surface area contributed by atoms with Gasteiger partial charge in [-0.05, 0) is 6.92 Å². The first-order valence-electron chi connectivity index (χ1n) is 6.44. The highest BCUT2D eigenvalue weighted by Crippen LogP contribution is 2.23. The number of hydrogen-bond donors (Lipinski definition) is 4. The first-order chi connectivity index (χ1) is 9.81. The highest BCUT2D eigenvalue weighted by atomic mass is 16.6. The SMILES string of the molecule is COC(=O)[C@@H](C)O[C@@H]1[C@H](NC(C)=O)[C@H](O)OC(CO)[C@@H]1O. The summed E-state index contributed by atoms with van der Waals surface area (Å²) < 4.78 is 14.9. The van der Waals surface area contributed by atoms with Gasteiger partial charge in [0.15, 0.2) is 12.4 Å². The summed E-state index contributed by atoms with van der Waals surface area (Å²) in [6.07, 6.45) is -6.12. The maximum Gasteiger partial charge on any atom is 0.334 e. The molecule has 1 aliphatic rings. The van der Waals surface area contributed by atoms with E-state index in [2.05, 4.69) is 10.1 Å². The van der Waals surface area contributed by atoms with Crippen LogP contribution in [0.15, 0.2) is 0 Å². The molecule has 1 rings (SSSR count). The summed E-state index contributed by atoms with van der Waals surface area (Å²) in [6, 6.07) is -1.09. The van der Waals surface area contributed by atoms with Gasteiger partial charge in [0.2, 0.25) is 5.91 Å². The second-order valence-corrected chi connectivity index (χ2v) is 4.73. The van der Waals surface area contributed by atoms with Crippen molar-refractivity contribution in [3.8, 4) is 0 Å². The van der Waals surface area contributed by atoms with Crippen LogP contribution in [0.2, 0.25) is 0 Å². The van der Waals surface area contributed by atoms with Crippen molar-refractivity contribution in [1.29, 1.82) is 0 Å². The molecule has 0 saturated carbocycles. The minimum Gasteiger partial charge on any atom is -0.467 e. The van der Waals surface area contributed by atoms with Gasteiger partial charge in [0.05, 0.1) is 13.7 Å². The first-order valence-corrected chi connectivity index (χ1v) is 6.44. The van der Waals surface area contributed by atoms with Crippen LogP contribution in [0.1, 0.15) is 13.8 Å². The normalized spacial score (nSPS) is 34.1. The van der Waals surface area contributed by atoms with Crippen LogP contribution in [0.3, 0.4) is 0 Å². The lowest BCUT2D eigenvalue weighted by atomic mass is 9.96. The van der Waals surface area contributed by atoms with Crippen LogP contribution in [-0.4, -0.2) is 77.7 Å². The van der Waals surface area contributed by atoms with Gasteiger partial charge in [0.1, 0.15) is 24.4 Å². The van der Waals surface area contributed by atoms with Crippen molar-refractivity contribution in [1.82, 2.24) is 5.32 Å². The number of nitrogens with one attached hydrogen (secondary N) is 1. The maximum atomic E-state index is 11.4. The Bertz CT molecular complexity index is 376. The summed E-state index contributed by atoms with van der Waals surface area (Å²) >= 11 is 0. The molecule has 0 aromatic heterocycles. The Hall–Kier alpha value is -1.26. The summed E-state index contributed by atoms with van der Waals surface area (Å²) in [4.78, 5) is 22.6. The lowest BCUT2D eigenvalue weighted by Crippen LogP contribution is -2.65. The number of hydrogen-bond acceptors (Lipinski definition) is 8. The minimum atomic E-state index is -1.50. The van der Waals surface area contributed by atoms with Gasteiger partial charge in [-0.1, -0.05) is 0 Å². The molecule has 1 fully saturated rings. The largest absolute Gasteiger partial charge is 0.467 e. The number of aliphatic hydroxyl groups excluding tert-OH is 3. The van der Waals surface area contributed by atoms with Gasteiger partial charge in [-0.2, -0.15) is 0 Å². The molecular weight excluding hydrogens is 286 g/mol. The molecule has 1 aliphatic heterocycles.